The lowest BCUT2D eigenvalue weighted by Gasteiger charge is -2.25. The average molecular weight is 289 g/mol. The number of benzene rings is 1. The van der Waals surface area contributed by atoms with Crippen molar-refractivity contribution in [2.75, 3.05) is 5.32 Å². The molecule has 1 N–H and O–H groups in total. The molecule has 0 saturated heterocycles. The maximum absolute atomic E-state index is 11.5. The number of amides is 1. The minimum atomic E-state index is -0.252. The van der Waals surface area contributed by atoms with E-state index in [-0.39, 0.29) is 23.5 Å². The first-order chi connectivity index (χ1) is 9.85. The number of unbranched alkanes of at least 4 members (excludes halogenated alkanes) is 2. The third-order valence-corrected chi connectivity index (χ3v) is 3.76. The van der Waals surface area contributed by atoms with E-state index in [9.17, 15) is 9.59 Å². The highest BCUT2D eigenvalue weighted by Gasteiger charge is 2.19. The summed E-state index contributed by atoms with van der Waals surface area (Å²) in [6, 6.07) is 7.95. The van der Waals surface area contributed by atoms with E-state index in [0.29, 0.717) is 0 Å². The number of ketones is 1. The van der Waals surface area contributed by atoms with Crippen molar-refractivity contribution in [3.63, 3.8) is 0 Å². The highest BCUT2D eigenvalue weighted by atomic mass is 16.2. The monoisotopic (exact) mass is 289 g/mol. The molecule has 0 aromatic heterocycles. The normalized spacial score (nSPS) is 11.2. The molecular formula is C18H27NO2. The molecule has 3 heteroatoms. The summed E-state index contributed by atoms with van der Waals surface area (Å²) in [6.45, 7) is 8.14. The van der Waals surface area contributed by atoms with Crippen LogP contribution in [-0.2, 0) is 15.0 Å². The quantitative estimate of drug-likeness (QED) is 0.567. The fourth-order valence-corrected chi connectivity index (χ4v) is 2.40. The Morgan fingerprint density at radius 3 is 2.24 bits per heavy atom. The van der Waals surface area contributed by atoms with Gasteiger partial charge in [0.1, 0.15) is 5.78 Å². The molecule has 1 amide bonds. The number of carbonyl (C=O) groups excluding carboxylic acids is 2. The first kappa shape index (κ1) is 17.4. The molecule has 0 heterocycles. The van der Waals surface area contributed by atoms with Crippen LogP contribution in [0, 0.1) is 0 Å². The van der Waals surface area contributed by atoms with E-state index in [1.54, 1.807) is 0 Å². The molecule has 0 aliphatic rings. The van der Waals surface area contributed by atoms with E-state index in [1.807, 2.05) is 12.1 Å². The molecule has 0 atom stereocenters. The van der Waals surface area contributed by atoms with Gasteiger partial charge in [-0.15, -0.1) is 0 Å². The van der Waals surface area contributed by atoms with Crippen molar-refractivity contribution in [2.24, 2.45) is 0 Å². The molecular weight excluding hydrogens is 262 g/mol. The summed E-state index contributed by atoms with van der Waals surface area (Å²) < 4.78 is 0. The molecule has 0 bridgehead atoms. The van der Waals surface area contributed by atoms with Crippen LogP contribution in [0.15, 0.2) is 24.3 Å². The molecule has 0 radical (unpaired) electrons. The molecule has 1 aromatic rings. The summed E-state index contributed by atoms with van der Waals surface area (Å²) >= 11 is 0. The summed E-state index contributed by atoms with van der Waals surface area (Å²) in [6.07, 6.45) is 4.83. The van der Waals surface area contributed by atoms with E-state index in [2.05, 4.69) is 38.2 Å². The molecule has 0 fully saturated rings. The summed E-state index contributed by atoms with van der Waals surface area (Å²) in [5, 5.41) is 2.74. The van der Waals surface area contributed by atoms with Gasteiger partial charge in [-0.05, 0) is 36.5 Å². The Hall–Kier alpha value is -1.64. The van der Waals surface area contributed by atoms with E-state index < -0.39 is 0 Å². The van der Waals surface area contributed by atoms with Crippen LogP contribution in [0.2, 0.25) is 0 Å². The fraction of sp³-hybridized carbons (Fsp3) is 0.556. The number of rotatable bonds is 8. The maximum atomic E-state index is 11.5. The average Bonchev–Trinajstić information content (AvgIpc) is 2.38. The maximum Gasteiger partial charge on any atom is 0.231 e. The van der Waals surface area contributed by atoms with Gasteiger partial charge in [0, 0.05) is 5.69 Å². The molecule has 3 nitrogen and oxygen atoms in total. The molecule has 0 aliphatic heterocycles. The highest BCUT2D eigenvalue weighted by Crippen LogP contribution is 2.30. The first-order valence-electron chi connectivity index (χ1n) is 7.75. The van der Waals surface area contributed by atoms with Crippen molar-refractivity contribution in [3.05, 3.63) is 29.8 Å². The van der Waals surface area contributed by atoms with Crippen LogP contribution in [0.1, 0.15) is 65.4 Å². The van der Waals surface area contributed by atoms with Gasteiger partial charge in [0.25, 0.3) is 0 Å². The van der Waals surface area contributed by atoms with Crippen LogP contribution in [0.3, 0.4) is 0 Å². The van der Waals surface area contributed by atoms with Crippen LogP contribution < -0.4 is 5.32 Å². The van der Waals surface area contributed by atoms with Crippen molar-refractivity contribution in [1.82, 2.24) is 0 Å². The van der Waals surface area contributed by atoms with Crippen LogP contribution >= 0.6 is 0 Å². The second-order valence-electron chi connectivity index (χ2n) is 6.35. The number of Topliss-reactive ketones (excluding diaryl/α,β-unsaturated/α-hetero) is 1. The van der Waals surface area contributed by atoms with Crippen molar-refractivity contribution in [2.45, 2.75) is 65.2 Å². The summed E-state index contributed by atoms with van der Waals surface area (Å²) in [4.78, 5) is 22.4. The number of anilines is 1. The van der Waals surface area contributed by atoms with Gasteiger partial charge in [0.05, 0.1) is 6.42 Å². The fourth-order valence-electron chi connectivity index (χ4n) is 2.40. The molecule has 116 valence electrons. The van der Waals surface area contributed by atoms with Gasteiger partial charge in [0.2, 0.25) is 5.91 Å². The van der Waals surface area contributed by atoms with Crippen LogP contribution in [0.5, 0.6) is 0 Å². The minimum absolute atomic E-state index is 0.0652. The van der Waals surface area contributed by atoms with Gasteiger partial charge >= 0.3 is 0 Å². The Bertz CT molecular complexity index is 474. The Morgan fingerprint density at radius 2 is 1.71 bits per heavy atom. The number of carbonyl (C=O) groups is 2. The molecule has 0 spiro atoms. The highest BCUT2D eigenvalue weighted by molar-refractivity contribution is 6.03. The van der Waals surface area contributed by atoms with Crippen molar-refractivity contribution in [1.29, 1.82) is 0 Å². The van der Waals surface area contributed by atoms with E-state index in [1.165, 1.54) is 31.7 Å². The second-order valence-corrected chi connectivity index (χ2v) is 6.35. The minimum Gasteiger partial charge on any atom is -0.326 e. The lowest BCUT2D eigenvalue weighted by atomic mass is 9.80. The zero-order chi connectivity index (χ0) is 15.9. The SMILES string of the molecule is CCCCCC(C)(C)c1ccc(NC(=O)CC(C)=O)cc1. The Morgan fingerprint density at radius 1 is 1.10 bits per heavy atom. The Balaban J connectivity index is 2.64. The molecule has 1 aromatic carbocycles. The van der Waals surface area contributed by atoms with Gasteiger partial charge in [0.15, 0.2) is 0 Å². The summed E-state index contributed by atoms with van der Waals surface area (Å²) in [7, 11) is 0. The second kappa shape index (κ2) is 7.96. The van der Waals surface area contributed by atoms with E-state index in [0.717, 1.165) is 12.1 Å². The lowest BCUT2D eigenvalue weighted by Crippen LogP contribution is -2.18. The third-order valence-electron chi connectivity index (χ3n) is 3.76. The molecule has 0 aliphatic carbocycles. The molecule has 0 unspecified atom stereocenters. The largest absolute Gasteiger partial charge is 0.326 e. The van der Waals surface area contributed by atoms with E-state index >= 15 is 0 Å². The zero-order valence-corrected chi connectivity index (χ0v) is 13.7. The standard InChI is InChI=1S/C18H27NO2/c1-5-6-7-12-18(3,4)15-8-10-16(11-9-15)19-17(21)13-14(2)20/h8-11H,5-7,12-13H2,1-4H3,(H,19,21). The Labute approximate surface area is 128 Å². The molecule has 1 rings (SSSR count). The van der Waals surface area contributed by atoms with Gasteiger partial charge in [-0.1, -0.05) is 52.2 Å². The number of nitrogens with one attached hydrogen (secondary N) is 1. The van der Waals surface area contributed by atoms with Crippen LogP contribution in [-0.4, -0.2) is 11.7 Å². The molecule has 0 saturated carbocycles. The van der Waals surface area contributed by atoms with Crippen molar-refractivity contribution < 1.29 is 9.59 Å². The first-order valence-corrected chi connectivity index (χ1v) is 7.75. The van der Waals surface area contributed by atoms with Gasteiger partial charge in [-0.3, -0.25) is 9.59 Å². The van der Waals surface area contributed by atoms with Crippen LogP contribution in [0.4, 0.5) is 5.69 Å². The Kier molecular flexibility index (Phi) is 6.60. The van der Waals surface area contributed by atoms with Crippen molar-refractivity contribution in [3.8, 4) is 0 Å². The smallest absolute Gasteiger partial charge is 0.231 e. The number of hydrogen-bond acceptors (Lipinski definition) is 2. The van der Waals surface area contributed by atoms with Crippen molar-refractivity contribution >= 4 is 17.4 Å². The summed E-state index contributed by atoms with van der Waals surface area (Å²) in [5.74, 6) is -0.376. The van der Waals surface area contributed by atoms with E-state index in [4.69, 9.17) is 0 Å². The molecule has 21 heavy (non-hydrogen) atoms. The van der Waals surface area contributed by atoms with Crippen LogP contribution in [0.25, 0.3) is 0 Å². The summed E-state index contributed by atoms with van der Waals surface area (Å²) in [5.41, 5.74) is 2.18. The zero-order valence-electron chi connectivity index (χ0n) is 13.7. The van der Waals surface area contributed by atoms with Gasteiger partial charge in [-0.25, -0.2) is 0 Å². The topological polar surface area (TPSA) is 46.2 Å². The third kappa shape index (κ3) is 6.11. The number of hydrogen-bond donors (Lipinski definition) is 1. The predicted octanol–water partition coefficient (Wildman–Crippen LogP) is 4.46. The van der Waals surface area contributed by atoms with Gasteiger partial charge in [-0.2, -0.15) is 0 Å². The lowest BCUT2D eigenvalue weighted by molar-refractivity contribution is -0.124. The van der Waals surface area contributed by atoms with Gasteiger partial charge < -0.3 is 5.32 Å². The predicted molar refractivity (Wildman–Crippen MR) is 87.5 cm³/mol.